The van der Waals surface area contributed by atoms with Gasteiger partial charge in [-0.15, -0.1) is 13.2 Å². The second kappa shape index (κ2) is 7.40. The molecule has 18 heavy (non-hydrogen) atoms. The molecule has 0 spiro atoms. The molecule has 1 aliphatic rings. The quantitative estimate of drug-likeness (QED) is 0.588. The van der Waals surface area contributed by atoms with E-state index in [1.165, 1.54) is 25.1 Å². The van der Waals surface area contributed by atoms with Crippen LogP contribution in [0, 0.1) is 0 Å². The lowest BCUT2D eigenvalue weighted by Crippen LogP contribution is -2.44. The molecule has 1 heterocycles. The molecule has 0 saturated heterocycles. The molecule has 2 nitrogen and oxygen atoms in total. The van der Waals surface area contributed by atoms with Crippen LogP contribution in [-0.4, -0.2) is 28.9 Å². The van der Waals surface area contributed by atoms with Crippen LogP contribution in [-0.2, 0) is 0 Å². The molecular formula is C16H28N2. The number of aliphatic imine (C=N–C) groups is 1. The van der Waals surface area contributed by atoms with Crippen molar-refractivity contribution in [2.45, 2.75) is 71.0 Å². The molecule has 3 atom stereocenters. The standard InChI is InChI=1S/C16H28N2/c1-6-9-11-15(8-3)18-14(5)17-13(4)16(18)12-10-7-2/h7-8,13,15-16H,2-3,6,9-12H2,1,4-5H3. The molecule has 0 aromatic rings. The van der Waals surface area contributed by atoms with Gasteiger partial charge in [0, 0.05) is 6.04 Å². The van der Waals surface area contributed by atoms with Crippen molar-refractivity contribution in [3.05, 3.63) is 25.3 Å². The van der Waals surface area contributed by atoms with E-state index in [9.17, 15) is 0 Å². The lowest BCUT2D eigenvalue weighted by atomic mass is 10.00. The zero-order chi connectivity index (χ0) is 13.5. The van der Waals surface area contributed by atoms with Gasteiger partial charge < -0.3 is 4.90 Å². The number of allylic oxidation sites excluding steroid dienone is 1. The molecule has 102 valence electrons. The van der Waals surface area contributed by atoms with E-state index >= 15 is 0 Å². The summed E-state index contributed by atoms with van der Waals surface area (Å²) in [7, 11) is 0. The van der Waals surface area contributed by atoms with Gasteiger partial charge in [-0.2, -0.15) is 0 Å². The highest BCUT2D eigenvalue weighted by Gasteiger charge is 2.33. The van der Waals surface area contributed by atoms with Gasteiger partial charge in [0.25, 0.3) is 0 Å². The number of nitrogens with zero attached hydrogens (tertiary/aromatic N) is 2. The van der Waals surface area contributed by atoms with Crippen molar-refractivity contribution in [3.63, 3.8) is 0 Å². The van der Waals surface area contributed by atoms with Crippen molar-refractivity contribution in [1.82, 2.24) is 4.90 Å². The zero-order valence-electron chi connectivity index (χ0n) is 12.2. The fraction of sp³-hybridized carbons (Fsp3) is 0.688. The van der Waals surface area contributed by atoms with E-state index in [0.29, 0.717) is 18.1 Å². The maximum absolute atomic E-state index is 4.74. The third-order valence-corrected chi connectivity index (χ3v) is 3.83. The summed E-state index contributed by atoms with van der Waals surface area (Å²) in [6.07, 6.45) is 9.98. The second-order valence-corrected chi connectivity index (χ2v) is 5.20. The summed E-state index contributed by atoms with van der Waals surface area (Å²) in [6.45, 7) is 14.4. The molecule has 2 heteroatoms. The third kappa shape index (κ3) is 3.47. The monoisotopic (exact) mass is 248 g/mol. The van der Waals surface area contributed by atoms with Gasteiger partial charge >= 0.3 is 0 Å². The molecule has 0 saturated carbocycles. The van der Waals surface area contributed by atoms with E-state index in [1.807, 2.05) is 6.08 Å². The summed E-state index contributed by atoms with van der Waals surface area (Å²) < 4.78 is 0. The maximum atomic E-state index is 4.74. The minimum absolute atomic E-state index is 0.397. The average Bonchev–Trinajstić information content (AvgIpc) is 2.63. The predicted molar refractivity (Wildman–Crippen MR) is 81.1 cm³/mol. The predicted octanol–water partition coefficient (Wildman–Crippen LogP) is 4.19. The Morgan fingerprint density at radius 1 is 1.44 bits per heavy atom. The lowest BCUT2D eigenvalue weighted by molar-refractivity contribution is 0.246. The summed E-state index contributed by atoms with van der Waals surface area (Å²) in [5, 5.41) is 0. The van der Waals surface area contributed by atoms with Gasteiger partial charge in [0.15, 0.2) is 0 Å². The third-order valence-electron chi connectivity index (χ3n) is 3.83. The van der Waals surface area contributed by atoms with Crippen LogP contribution < -0.4 is 0 Å². The molecule has 1 aliphatic heterocycles. The molecule has 0 radical (unpaired) electrons. The van der Waals surface area contributed by atoms with E-state index in [-0.39, 0.29) is 0 Å². The Hall–Kier alpha value is -1.05. The highest BCUT2D eigenvalue weighted by Crippen LogP contribution is 2.26. The van der Waals surface area contributed by atoms with Crippen LogP contribution in [0.25, 0.3) is 0 Å². The Morgan fingerprint density at radius 3 is 2.72 bits per heavy atom. The molecule has 0 aromatic carbocycles. The van der Waals surface area contributed by atoms with Crippen LogP contribution in [0.2, 0.25) is 0 Å². The molecule has 0 aromatic heterocycles. The van der Waals surface area contributed by atoms with Crippen molar-refractivity contribution >= 4 is 5.84 Å². The zero-order valence-corrected chi connectivity index (χ0v) is 12.2. The van der Waals surface area contributed by atoms with Crippen LogP contribution >= 0.6 is 0 Å². The molecule has 0 bridgehead atoms. The van der Waals surface area contributed by atoms with Gasteiger partial charge in [-0.25, -0.2) is 0 Å². The van der Waals surface area contributed by atoms with Crippen molar-refractivity contribution in [2.75, 3.05) is 0 Å². The summed E-state index contributed by atoms with van der Waals surface area (Å²) >= 11 is 0. The summed E-state index contributed by atoms with van der Waals surface area (Å²) in [5.41, 5.74) is 0. The smallest absolute Gasteiger partial charge is 0.0969 e. The molecule has 3 unspecified atom stereocenters. The number of amidine groups is 1. The van der Waals surface area contributed by atoms with Crippen molar-refractivity contribution in [1.29, 1.82) is 0 Å². The fourth-order valence-corrected chi connectivity index (χ4v) is 2.86. The van der Waals surface area contributed by atoms with Crippen LogP contribution in [0.5, 0.6) is 0 Å². The maximum Gasteiger partial charge on any atom is 0.0969 e. The minimum Gasteiger partial charge on any atom is -0.349 e. The second-order valence-electron chi connectivity index (χ2n) is 5.20. The first kappa shape index (κ1) is 15.0. The Bertz CT molecular complexity index is 306. The molecule has 1 rings (SSSR count). The van der Waals surface area contributed by atoms with Crippen LogP contribution in [0.1, 0.15) is 52.9 Å². The van der Waals surface area contributed by atoms with Crippen molar-refractivity contribution < 1.29 is 0 Å². The number of hydrogen-bond acceptors (Lipinski definition) is 2. The van der Waals surface area contributed by atoms with Gasteiger partial charge in [-0.05, 0) is 33.1 Å². The van der Waals surface area contributed by atoms with E-state index < -0.39 is 0 Å². The van der Waals surface area contributed by atoms with Gasteiger partial charge in [0.05, 0.1) is 17.9 Å². The van der Waals surface area contributed by atoms with E-state index in [2.05, 4.69) is 44.9 Å². The highest BCUT2D eigenvalue weighted by molar-refractivity contribution is 5.82. The SMILES string of the molecule is C=CCCC1C(C)N=C(C)N1C(C=C)CCCC. The van der Waals surface area contributed by atoms with Gasteiger partial charge in [0.2, 0.25) is 0 Å². The first-order chi connectivity index (χ1) is 8.65. The average molecular weight is 248 g/mol. The Morgan fingerprint density at radius 2 is 2.17 bits per heavy atom. The van der Waals surface area contributed by atoms with Crippen LogP contribution in [0.4, 0.5) is 0 Å². The first-order valence-electron chi connectivity index (χ1n) is 7.21. The highest BCUT2D eigenvalue weighted by atomic mass is 15.3. The molecule has 0 N–H and O–H groups in total. The molecular weight excluding hydrogens is 220 g/mol. The first-order valence-corrected chi connectivity index (χ1v) is 7.21. The van der Waals surface area contributed by atoms with E-state index in [4.69, 9.17) is 4.99 Å². The molecule has 0 amide bonds. The van der Waals surface area contributed by atoms with Crippen LogP contribution in [0.15, 0.2) is 30.3 Å². The molecule has 0 fully saturated rings. The summed E-state index contributed by atoms with van der Waals surface area (Å²) in [6, 6.07) is 1.35. The lowest BCUT2D eigenvalue weighted by Gasteiger charge is -2.35. The number of unbranched alkanes of at least 4 members (excludes halogenated alkanes) is 1. The van der Waals surface area contributed by atoms with Crippen molar-refractivity contribution in [3.8, 4) is 0 Å². The Kier molecular flexibility index (Phi) is 6.17. The minimum atomic E-state index is 0.397. The van der Waals surface area contributed by atoms with Crippen molar-refractivity contribution in [2.24, 2.45) is 4.99 Å². The normalized spacial score (nSPS) is 24.8. The topological polar surface area (TPSA) is 15.6 Å². The van der Waals surface area contributed by atoms with Gasteiger partial charge in [-0.1, -0.05) is 31.9 Å². The van der Waals surface area contributed by atoms with E-state index in [1.54, 1.807) is 0 Å². The van der Waals surface area contributed by atoms with Gasteiger partial charge in [-0.3, -0.25) is 4.99 Å². The summed E-state index contributed by atoms with van der Waals surface area (Å²) in [5.74, 6) is 1.18. The van der Waals surface area contributed by atoms with Crippen LogP contribution in [0.3, 0.4) is 0 Å². The Labute approximate surface area is 112 Å². The molecule has 0 aliphatic carbocycles. The largest absolute Gasteiger partial charge is 0.349 e. The summed E-state index contributed by atoms with van der Waals surface area (Å²) in [4.78, 5) is 7.23. The fourth-order valence-electron chi connectivity index (χ4n) is 2.86. The number of rotatable bonds is 8. The Balaban J connectivity index is 2.75. The number of hydrogen-bond donors (Lipinski definition) is 0. The van der Waals surface area contributed by atoms with Gasteiger partial charge in [0.1, 0.15) is 0 Å². The van der Waals surface area contributed by atoms with E-state index in [0.717, 1.165) is 12.8 Å².